The van der Waals surface area contributed by atoms with E-state index in [2.05, 4.69) is 43.5 Å². The fraction of sp³-hybridized carbons (Fsp3) is 0.917. The SMILES string of the molecule is CCCCCCCCCCCCCCCCCCC(=O)OCCCCCCCCCCC/C=C\C/C=C\CCCCCCCCCCCCCCCCCCCC(=O)NC(CO)C(O)CCCCCCCCCCCCCC. The van der Waals surface area contributed by atoms with Crippen LogP contribution in [0.5, 0.6) is 0 Å². The molecular formula is C72H139NO5. The van der Waals surface area contributed by atoms with E-state index in [4.69, 9.17) is 4.74 Å². The van der Waals surface area contributed by atoms with Gasteiger partial charge in [-0.05, 0) is 57.8 Å². The molecule has 462 valence electrons. The number of hydrogen-bond donors (Lipinski definition) is 3. The van der Waals surface area contributed by atoms with Gasteiger partial charge in [0.15, 0.2) is 0 Å². The molecule has 1 amide bonds. The van der Waals surface area contributed by atoms with Crippen LogP contribution in [0.1, 0.15) is 399 Å². The van der Waals surface area contributed by atoms with Crippen LogP contribution in [0.2, 0.25) is 0 Å². The molecular weight excluding hydrogens is 959 g/mol. The molecule has 6 heteroatoms. The first-order chi connectivity index (χ1) is 38.5. The van der Waals surface area contributed by atoms with Gasteiger partial charge in [-0.15, -0.1) is 0 Å². The summed E-state index contributed by atoms with van der Waals surface area (Å²) in [6, 6.07) is -0.539. The van der Waals surface area contributed by atoms with Crippen molar-refractivity contribution in [2.24, 2.45) is 0 Å². The van der Waals surface area contributed by atoms with Gasteiger partial charge in [-0.25, -0.2) is 0 Å². The highest BCUT2D eigenvalue weighted by atomic mass is 16.5. The summed E-state index contributed by atoms with van der Waals surface area (Å²) < 4.78 is 5.50. The molecule has 0 saturated carbocycles. The molecule has 0 aromatic heterocycles. The van der Waals surface area contributed by atoms with Crippen LogP contribution < -0.4 is 5.32 Å². The molecule has 0 radical (unpaired) electrons. The maximum absolute atomic E-state index is 12.5. The largest absolute Gasteiger partial charge is 0.466 e. The minimum Gasteiger partial charge on any atom is -0.466 e. The molecule has 0 fully saturated rings. The third-order valence-electron chi connectivity index (χ3n) is 16.8. The van der Waals surface area contributed by atoms with Gasteiger partial charge in [-0.3, -0.25) is 9.59 Å². The highest BCUT2D eigenvalue weighted by Crippen LogP contribution is 2.19. The summed E-state index contributed by atoms with van der Waals surface area (Å²) in [4.78, 5) is 24.6. The van der Waals surface area contributed by atoms with Crippen molar-refractivity contribution < 1.29 is 24.5 Å². The minimum atomic E-state index is -0.661. The normalized spacial score (nSPS) is 12.6. The van der Waals surface area contributed by atoms with Crippen molar-refractivity contribution in [3.8, 4) is 0 Å². The third-order valence-corrected chi connectivity index (χ3v) is 16.8. The first-order valence-electron chi connectivity index (χ1n) is 35.6. The molecule has 0 heterocycles. The average Bonchev–Trinajstić information content (AvgIpc) is 3.44. The lowest BCUT2D eigenvalue weighted by molar-refractivity contribution is -0.143. The molecule has 2 atom stereocenters. The number of esters is 1. The van der Waals surface area contributed by atoms with E-state index >= 15 is 0 Å². The van der Waals surface area contributed by atoms with Crippen molar-refractivity contribution in [2.75, 3.05) is 13.2 Å². The molecule has 0 spiro atoms. The highest BCUT2D eigenvalue weighted by Gasteiger charge is 2.20. The fourth-order valence-corrected chi connectivity index (χ4v) is 11.3. The molecule has 3 N–H and O–H groups in total. The lowest BCUT2D eigenvalue weighted by atomic mass is 10.0. The summed E-state index contributed by atoms with van der Waals surface area (Å²) in [5, 5.41) is 23.3. The lowest BCUT2D eigenvalue weighted by Gasteiger charge is -2.22. The Kier molecular flexibility index (Phi) is 66.4. The quantitative estimate of drug-likeness (QED) is 0.0320. The number of unbranched alkanes of at least 4 members (excludes halogenated alkanes) is 52. The molecule has 0 aromatic rings. The van der Waals surface area contributed by atoms with Crippen molar-refractivity contribution in [1.82, 2.24) is 5.32 Å². The number of rotatable bonds is 67. The molecule has 6 nitrogen and oxygen atoms in total. The van der Waals surface area contributed by atoms with Crippen LogP contribution in [0.15, 0.2) is 24.3 Å². The van der Waals surface area contributed by atoms with E-state index in [0.717, 1.165) is 44.9 Å². The van der Waals surface area contributed by atoms with E-state index in [1.165, 1.54) is 321 Å². The van der Waals surface area contributed by atoms with Gasteiger partial charge in [-0.2, -0.15) is 0 Å². The van der Waals surface area contributed by atoms with E-state index in [0.29, 0.717) is 25.9 Å². The number of nitrogens with one attached hydrogen (secondary N) is 1. The van der Waals surface area contributed by atoms with Crippen LogP contribution in [0.4, 0.5) is 0 Å². The molecule has 0 aliphatic heterocycles. The maximum atomic E-state index is 12.5. The second-order valence-corrected chi connectivity index (χ2v) is 24.6. The van der Waals surface area contributed by atoms with E-state index in [1.54, 1.807) is 0 Å². The molecule has 78 heavy (non-hydrogen) atoms. The van der Waals surface area contributed by atoms with Gasteiger partial charge in [0.05, 0.1) is 25.4 Å². The second-order valence-electron chi connectivity index (χ2n) is 24.6. The van der Waals surface area contributed by atoms with Gasteiger partial charge in [0, 0.05) is 12.8 Å². The number of aliphatic hydroxyl groups excluding tert-OH is 2. The van der Waals surface area contributed by atoms with Crippen molar-refractivity contribution in [3.05, 3.63) is 24.3 Å². The number of amides is 1. The predicted molar refractivity (Wildman–Crippen MR) is 343 cm³/mol. The minimum absolute atomic E-state index is 0.0183. The molecule has 0 saturated heterocycles. The highest BCUT2D eigenvalue weighted by molar-refractivity contribution is 5.76. The monoisotopic (exact) mass is 1100 g/mol. The van der Waals surface area contributed by atoms with Crippen LogP contribution in [-0.4, -0.2) is 47.4 Å². The standard InChI is InChI=1S/C72H139NO5/c1-3-5-7-9-11-13-15-17-18-39-42-46-50-54-58-62-66-72(77)78-67-63-59-55-51-47-43-40-37-35-33-31-29-27-25-23-21-19-20-22-24-26-28-30-32-34-36-38-41-45-49-53-57-61-65-71(76)73-69(68-74)70(75)64-60-56-52-48-44-16-14-12-10-8-6-4-2/h23,25,29,31,69-70,74-75H,3-22,24,26-28,30,32-68H2,1-2H3,(H,73,76)/b25-23-,31-29-. The zero-order chi connectivity index (χ0) is 56.4. The zero-order valence-corrected chi connectivity index (χ0v) is 52.9. The number of hydrogen-bond acceptors (Lipinski definition) is 5. The van der Waals surface area contributed by atoms with Gasteiger partial charge >= 0.3 is 5.97 Å². The van der Waals surface area contributed by atoms with Crippen molar-refractivity contribution in [1.29, 1.82) is 0 Å². The molecule has 0 aliphatic carbocycles. The molecule has 0 bridgehead atoms. The van der Waals surface area contributed by atoms with Gasteiger partial charge in [0.1, 0.15) is 0 Å². The van der Waals surface area contributed by atoms with Gasteiger partial charge < -0.3 is 20.3 Å². The Morgan fingerprint density at radius 2 is 0.641 bits per heavy atom. The predicted octanol–water partition coefficient (Wildman–Crippen LogP) is 22.9. The van der Waals surface area contributed by atoms with Crippen LogP contribution in [0, 0.1) is 0 Å². The Morgan fingerprint density at radius 3 is 0.974 bits per heavy atom. The summed E-state index contributed by atoms with van der Waals surface area (Å²) in [5.41, 5.74) is 0. The van der Waals surface area contributed by atoms with Crippen LogP contribution in [0.25, 0.3) is 0 Å². The van der Waals surface area contributed by atoms with Gasteiger partial charge in [0.25, 0.3) is 0 Å². The van der Waals surface area contributed by atoms with Crippen LogP contribution >= 0.6 is 0 Å². The molecule has 0 aliphatic rings. The second kappa shape index (κ2) is 67.8. The summed E-state index contributed by atoms with van der Waals surface area (Å²) in [6.45, 7) is 4.98. The number of allylic oxidation sites excluding steroid dienone is 4. The first kappa shape index (κ1) is 76.3. The van der Waals surface area contributed by atoms with E-state index < -0.39 is 12.1 Å². The van der Waals surface area contributed by atoms with Gasteiger partial charge in [-0.1, -0.05) is 353 Å². The van der Waals surface area contributed by atoms with E-state index in [9.17, 15) is 19.8 Å². The van der Waals surface area contributed by atoms with Gasteiger partial charge in [0.2, 0.25) is 5.91 Å². The fourth-order valence-electron chi connectivity index (χ4n) is 11.3. The summed E-state index contributed by atoms with van der Waals surface area (Å²) >= 11 is 0. The average molecular weight is 1100 g/mol. The van der Waals surface area contributed by atoms with E-state index in [1.807, 2.05) is 0 Å². The van der Waals surface area contributed by atoms with Crippen molar-refractivity contribution in [2.45, 2.75) is 411 Å². The smallest absolute Gasteiger partial charge is 0.305 e. The van der Waals surface area contributed by atoms with Crippen molar-refractivity contribution in [3.63, 3.8) is 0 Å². The molecule has 2 unspecified atom stereocenters. The Bertz CT molecular complexity index is 1220. The third kappa shape index (κ3) is 63.5. The summed E-state index contributed by atoms with van der Waals surface area (Å²) in [7, 11) is 0. The van der Waals surface area contributed by atoms with Crippen LogP contribution in [-0.2, 0) is 14.3 Å². The molecule has 0 rings (SSSR count). The summed E-state index contributed by atoms with van der Waals surface area (Å²) in [5.74, 6) is -0.0133. The lowest BCUT2D eigenvalue weighted by Crippen LogP contribution is -2.45. The zero-order valence-electron chi connectivity index (χ0n) is 52.9. The first-order valence-corrected chi connectivity index (χ1v) is 35.6. The van der Waals surface area contributed by atoms with Crippen LogP contribution in [0.3, 0.4) is 0 Å². The number of carbonyl (C=O) groups is 2. The molecule has 0 aromatic carbocycles. The van der Waals surface area contributed by atoms with Crippen molar-refractivity contribution >= 4 is 11.9 Å². The Balaban J connectivity index is 3.35. The number of carbonyl (C=O) groups excluding carboxylic acids is 2. The summed E-state index contributed by atoms with van der Waals surface area (Å²) in [6.07, 6.45) is 85.3. The topological polar surface area (TPSA) is 95.9 Å². The maximum Gasteiger partial charge on any atom is 0.305 e. The Labute approximate surface area is 488 Å². The number of ether oxygens (including phenoxy) is 1. The Morgan fingerprint density at radius 1 is 0.359 bits per heavy atom. The Hall–Kier alpha value is -1.66. The number of aliphatic hydroxyl groups is 2. The van der Waals surface area contributed by atoms with E-state index in [-0.39, 0.29) is 18.5 Å².